The van der Waals surface area contributed by atoms with E-state index in [1.54, 1.807) is 0 Å². The van der Waals surface area contributed by atoms with Crippen LogP contribution in [0.5, 0.6) is 0 Å². The highest BCUT2D eigenvalue weighted by atomic mass is 14.2. The average molecular weight is 180 g/mol. The molecule has 0 saturated heterocycles. The van der Waals surface area contributed by atoms with E-state index in [0.717, 1.165) is 24.7 Å². The van der Waals surface area contributed by atoms with Crippen LogP contribution in [0.25, 0.3) is 0 Å². The summed E-state index contributed by atoms with van der Waals surface area (Å²) in [5.74, 6) is 1.54. The molecule has 0 N–H and O–H groups in total. The van der Waals surface area contributed by atoms with Crippen LogP contribution in [-0.4, -0.2) is 0 Å². The molecule has 0 aliphatic carbocycles. The number of hydrogen-bond acceptors (Lipinski definition) is 0. The number of rotatable bonds is 6. The molecule has 0 atom stereocenters. The van der Waals surface area contributed by atoms with Crippen molar-refractivity contribution in [3.8, 4) is 0 Å². The molecule has 0 heterocycles. The quantitative estimate of drug-likeness (QED) is 0.525. The van der Waals surface area contributed by atoms with Gasteiger partial charge in [-0.05, 0) is 44.9 Å². The average Bonchev–Trinajstić information content (AvgIpc) is 1.80. The molecule has 76 valence electrons. The molecule has 0 fully saturated rings. The van der Waals surface area contributed by atoms with Crippen molar-refractivity contribution in [2.24, 2.45) is 11.8 Å². The van der Waals surface area contributed by atoms with Gasteiger partial charge in [0.05, 0.1) is 0 Å². The molecule has 0 radical (unpaired) electrons. The minimum atomic E-state index is 0.759. The third-order valence-electron chi connectivity index (χ3n) is 2.08. The van der Waals surface area contributed by atoms with Crippen LogP contribution in [0, 0.1) is 11.8 Å². The molecule has 0 aromatic carbocycles. The van der Waals surface area contributed by atoms with Crippen LogP contribution in [-0.2, 0) is 0 Å². The number of hydrogen-bond donors (Lipinski definition) is 0. The summed E-state index contributed by atoms with van der Waals surface area (Å²) in [7, 11) is 0. The van der Waals surface area contributed by atoms with Gasteiger partial charge in [0.15, 0.2) is 0 Å². The summed E-state index contributed by atoms with van der Waals surface area (Å²) in [6.07, 6.45) is 3.61. The molecule has 13 heavy (non-hydrogen) atoms. The van der Waals surface area contributed by atoms with Gasteiger partial charge in [0, 0.05) is 0 Å². The SMILES string of the molecule is C=C(C)CC(CC(=C)C)CC(C)C. The highest BCUT2D eigenvalue weighted by molar-refractivity contribution is 4.96. The Hall–Kier alpha value is -0.520. The fourth-order valence-electron chi connectivity index (χ4n) is 1.89. The summed E-state index contributed by atoms with van der Waals surface area (Å²) in [4.78, 5) is 0. The van der Waals surface area contributed by atoms with Crippen molar-refractivity contribution in [1.29, 1.82) is 0 Å². The molecule has 0 unspecified atom stereocenters. The minimum absolute atomic E-state index is 0.759. The molecule has 0 spiro atoms. The van der Waals surface area contributed by atoms with Gasteiger partial charge in [-0.2, -0.15) is 0 Å². The Kier molecular flexibility index (Phi) is 5.77. The molecule has 0 rings (SSSR count). The van der Waals surface area contributed by atoms with E-state index in [1.807, 2.05) is 0 Å². The molecule has 0 aromatic rings. The third-order valence-corrected chi connectivity index (χ3v) is 2.08. The Balaban J connectivity index is 4.02. The molecule has 0 bridgehead atoms. The lowest BCUT2D eigenvalue weighted by Gasteiger charge is -2.19. The molecule has 0 aliphatic rings. The van der Waals surface area contributed by atoms with Gasteiger partial charge in [-0.1, -0.05) is 25.0 Å². The summed E-state index contributed by atoms with van der Waals surface area (Å²) in [6.45, 7) is 16.8. The summed E-state index contributed by atoms with van der Waals surface area (Å²) >= 11 is 0. The number of allylic oxidation sites excluding steroid dienone is 2. The normalized spacial score (nSPS) is 10.9. The first-order valence-corrected chi connectivity index (χ1v) is 5.20. The fourth-order valence-corrected chi connectivity index (χ4v) is 1.89. The van der Waals surface area contributed by atoms with Crippen molar-refractivity contribution >= 4 is 0 Å². The van der Waals surface area contributed by atoms with Gasteiger partial charge in [-0.15, -0.1) is 13.2 Å². The minimum Gasteiger partial charge on any atom is -0.100 e. The van der Waals surface area contributed by atoms with Crippen molar-refractivity contribution < 1.29 is 0 Å². The van der Waals surface area contributed by atoms with E-state index in [2.05, 4.69) is 40.9 Å². The Labute approximate surface area is 83.7 Å². The lowest BCUT2D eigenvalue weighted by molar-refractivity contribution is 0.404. The van der Waals surface area contributed by atoms with Gasteiger partial charge in [0.25, 0.3) is 0 Å². The van der Waals surface area contributed by atoms with E-state index in [9.17, 15) is 0 Å². The maximum absolute atomic E-state index is 3.98. The van der Waals surface area contributed by atoms with E-state index < -0.39 is 0 Å². The van der Waals surface area contributed by atoms with Crippen molar-refractivity contribution in [2.75, 3.05) is 0 Å². The van der Waals surface area contributed by atoms with Crippen LogP contribution in [0.1, 0.15) is 47.0 Å². The van der Waals surface area contributed by atoms with Gasteiger partial charge in [0.1, 0.15) is 0 Å². The van der Waals surface area contributed by atoms with Crippen molar-refractivity contribution in [3.05, 3.63) is 24.3 Å². The van der Waals surface area contributed by atoms with E-state index in [4.69, 9.17) is 0 Å². The fraction of sp³-hybridized carbons (Fsp3) is 0.692. The van der Waals surface area contributed by atoms with E-state index in [1.165, 1.54) is 17.6 Å². The van der Waals surface area contributed by atoms with Crippen LogP contribution >= 0.6 is 0 Å². The van der Waals surface area contributed by atoms with Gasteiger partial charge in [-0.25, -0.2) is 0 Å². The second-order valence-corrected chi connectivity index (χ2v) is 4.82. The molecule has 0 amide bonds. The Morgan fingerprint density at radius 3 is 1.62 bits per heavy atom. The van der Waals surface area contributed by atoms with Crippen molar-refractivity contribution in [3.63, 3.8) is 0 Å². The maximum atomic E-state index is 3.98. The van der Waals surface area contributed by atoms with E-state index >= 15 is 0 Å². The van der Waals surface area contributed by atoms with Crippen LogP contribution in [0.3, 0.4) is 0 Å². The van der Waals surface area contributed by atoms with Gasteiger partial charge < -0.3 is 0 Å². The first kappa shape index (κ1) is 12.5. The highest BCUT2D eigenvalue weighted by Crippen LogP contribution is 2.24. The molecule has 0 aromatic heterocycles. The molecule has 0 saturated carbocycles. The molecular formula is C13H24. The van der Waals surface area contributed by atoms with Crippen molar-refractivity contribution in [2.45, 2.75) is 47.0 Å². The zero-order chi connectivity index (χ0) is 10.4. The van der Waals surface area contributed by atoms with E-state index in [0.29, 0.717) is 0 Å². The zero-order valence-electron chi connectivity index (χ0n) is 9.69. The second kappa shape index (κ2) is 6.01. The predicted octanol–water partition coefficient (Wildman–Crippen LogP) is 4.58. The molecule has 0 nitrogen and oxygen atoms in total. The van der Waals surface area contributed by atoms with E-state index in [-0.39, 0.29) is 0 Å². The Morgan fingerprint density at radius 1 is 1.00 bits per heavy atom. The van der Waals surface area contributed by atoms with Crippen molar-refractivity contribution in [1.82, 2.24) is 0 Å². The van der Waals surface area contributed by atoms with Crippen LogP contribution < -0.4 is 0 Å². The first-order valence-electron chi connectivity index (χ1n) is 5.20. The van der Waals surface area contributed by atoms with Gasteiger partial charge in [-0.3, -0.25) is 0 Å². The third kappa shape index (κ3) is 7.83. The highest BCUT2D eigenvalue weighted by Gasteiger charge is 2.10. The van der Waals surface area contributed by atoms with Crippen LogP contribution in [0.4, 0.5) is 0 Å². The lowest BCUT2D eigenvalue weighted by Crippen LogP contribution is -2.05. The zero-order valence-corrected chi connectivity index (χ0v) is 9.69. The molecule has 0 aliphatic heterocycles. The largest absolute Gasteiger partial charge is 0.100 e. The Bertz CT molecular complexity index is 158. The topological polar surface area (TPSA) is 0 Å². The standard InChI is InChI=1S/C13H24/c1-10(2)7-13(8-11(3)4)9-12(5)6/h12-13H,1,3,7-9H2,2,4-6H3. The lowest BCUT2D eigenvalue weighted by atomic mass is 9.87. The van der Waals surface area contributed by atoms with Gasteiger partial charge >= 0.3 is 0 Å². The summed E-state index contributed by atoms with van der Waals surface area (Å²) in [6, 6.07) is 0. The molecule has 0 heteroatoms. The maximum Gasteiger partial charge on any atom is -0.0294 e. The Morgan fingerprint density at radius 2 is 1.38 bits per heavy atom. The monoisotopic (exact) mass is 180 g/mol. The van der Waals surface area contributed by atoms with Gasteiger partial charge in [0.2, 0.25) is 0 Å². The summed E-state index contributed by atoms with van der Waals surface area (Å²) in [5.41, 5.74) is 2.60. The van der Waals surface area contributed by atoms with Crippen LogP contribution in [0.2, 0.25) is 0 Å². The van der Waals surface area contributed by atoms with Crippen LogP contribution in [0.15, 0.2) is 24.3 Å². The second-order valence-electron chi connectivity index (χ2n) is 4.82. The summed E-state index contributed by atoms with van der Waals surface area (Å²) in [5, 5.41) is 0. The summed E-state index contributed by atoms with van der Waals surface area (Å²) < 4.78 is 0. The first-order chi connectivity index (χ1) is 5.91. The predicted molar refractivity (Wildman–Crippen MR) is 61.8 cm³/mol. The molecular weight excluding hydrogens is 156 g/mol. The smallest absolute Gasteiger partial charge is 0.0294 e.